The van der Waals surface area contributed by atoms with Gasteiger partial charge in [0.15, 0.2) is 0 Å². The van der Waals surface area contributed by atoms with E-state index in [4.69, 9.17) is 4.74 Å². The molecule has 3 heteroatoms. The zero-order valence-corrected chi connectivity index (χ0v) is 5.18. The Morgan fingerprint density at radius 1 is 1.62 bits per heavy atom. The van der Waals surface area contributed by atoms with Gasteiger partial charge in [0.05, 0.1) is 13.3 Å². The molecule has 0 saturated carbocycles. The van der Waals surface area contributed by atoms with Crippen molar-refractivity contribution in [3.8, 4) is 0 Å². The van der Waals surface area contributed by atoms with Gasteiger partial charge in [-0.2, -0.15) is 0 Å². The summed E-state index contributed by atoms with van der Waals surface area (Å²) in [7, 11) is 0. The third-order valence-electron chi connectivity index (χ3n) is 1.34. The second-order valence-electron chi connectivity index (χ2n) is 2.67. The van der Waals surface area contributed by atoms with E-state index < -0.39 is 0 Å². The fourth-order valence-corrected chi connectivity index (χ4v) is 0.625. The molecular formula is C5H10NO2-. The summed E-state index contributed by atoms with van der Waals surface area (Å²) < 4.78 is 4.89. The van der Waals surface area contributed by atoms with Gasteiger partial charge in [-0.25, -0.2) is 0 Å². The highest BCUT2D eigenvalue weighted by molar-refractivity contribution is 4.83. The third-order valence-corrected chi connectivity index (χ3v) is 1.34. The molecule has 0 radical (unpaired) electrons. The Bertz CT molecular complexity index is 92.4. The summed E-state index contributed by atoms with van der Waals surface area (Å²) in [5, 5.41) is 11.6. The molecule has 0 bridgehead atoms. The first-order valence-corrected chi connectivity index (χ1v) is 2.65. The Labute approximate surface area is 48.8 Å². The Morgan fingerprint density at radius 3 is 2.38 bits per heavy atom. The van der Waals surface area contributed by atoms with Gasteiger partial charge in [-0.1, -0.05) is 0 Å². The normalized spacial score (nSPS) is 28.9. The van der Waals surface area contributed by atoms with Crippen LogP contribution in [0.2, 0.25) is 0 Å². The van der Waals surface area contributed by atoms with Crippen molar-refractivity contribution in [2.75, 3.05) is 13.3 Å². The van der Waals surface area contributed by atoms with Gasteiger partial charge in [-0.3, -0.25) is 0 Å². The molecule has 0 amide bonds. The number of hydrogen-bond acceptors (Lipinski definition) is 3. The number of ether oxygens (including phenoxy) is 1. The van der Waals surface area contributed by atoms with E-state index in [1.807, 2.05) is 13.8 Å². The molecule has 1 aliphatic heterocycles. The van der Waals surface area contributed by atoms with E-state index in [1.165, 1.54) is 0 Å². The molecule has 0 aliphatic carbocycles. The summed E-state index contributed by atoms with van der Waals surface area (Å²) in [4.78, 5) is 0. The number of hydroxylamine groups is 2. The molecule has 0 aromatic heterocycles. The van der Waals surface area contributed by atoms with Gasteiger partial charge >= 0.3 is 0 Å². The fraction of sp³-hybridized carbons (Fsp3) is 1.00. The molecule has 0 aromatic rings. The average Bonchev–Trinajstić information content (AvgIpc) is 1.86. The van der Waals surface area contributed by atoms with Crippen LogP contribution in [0.5, 0.6) is 0 Å². The summed E-state index contributed by atoms with van der Waals surface area (Å²) in [6.45, 7) is 4.52. The maximum atomic E-state index is 10.7. The van der Waals surface area contributed by atoms with Crippen molar-refractivity contribution in [3.05, 3.63) is 5.21 Å². The summed E-state index contributed by atoms with van der Waals surface area (Å²) in [5.74, 6) is 0. The smallest absolute Gasteiger partial charge is 0.0882 e. The molecule has 1 rings (SSSR count). The minimum atomic E-state index is -0.292. The summed E-state index contributed by atoms with van der Waals surface area (Å²) >= 11 is 0. The van der Waals surface area contributed by atoms with Crippen molar-refractivity contribution in [1.82, 2.24) is 5.06 Å². The van der Waals surface area contributed by atoms with Crippen molar-refractivity contribution >= 4 is 0 Å². The van der Waals surface area contributed by atoms with Crippen LogP contribution in [-0.4, -0.2) is 23.9 Å². The van der Waals surface area contributed by atoms with E-state index in [0.29, 0.717) is 6.61 Å². The van der Waals surface area contributed by atoms with Crippen molar-refractivity contribution < 1.29 is 4.74 Å². The summed E-state index contributed by atoms with van der Waals surface area (Å²) in [6.07, 6.45) is 0. The maximum Gasteiger partial charge on any atom is 0.0882 e. The molecule has 1 fully saturated rings. The van der Waals surface area contributed by atoms with Crippen LogP contribution in [0.15, 0.2) is 0 Å². The average molecular weight is 116 g/mol. The lowest BCUT2D eigenvalue weighted by Crippen LogP contribution is -2.35. The third kappa shape index (κ3) is 0.844. The lowest BCUT2D eigenvalue weighted by atomic mass is 10.1. The molecule has 0 unspecified atom stereocenters. The van der Waals surface area contributed by atoms with Crippen LogP contribution in [0.4, 0.5) is 0 Å². The molecule has 0 N–H and O–H groups in total. The van der Waals surface area contributed by atoms with Gasteiger partial charge in [0.25, 0.3) is 0 Å². The lowest BCUT2D eigenvalue weighted by molar-refractivity contribution is 0.162. The minimum absolute atomic E-state index is 0.229. The standard InChI is InChI=1S/C5H10NO2/c1-5(2)3-8-4-6(5)7/h3-4H2,1-2H3/q-1. The van der Waals surface area contributed by atoms with Crippen LogP contribution in [0.1, 0.15) is 13.8 Å². The highest BCUT2D eigenvalue weighted by atomic mass is 16.6. The molecular weight excluding hydrogens is 106 g/mol. The number of rotatable bonds is 0. The van der Waals surface area contributed by atoms with Gasteiger partial charge in [0.2, 0.25) is 0 Å². The van der Waals surface area contributed by atoms with E-state index in [2.05, 4.69) is 0 Å². The van der Waals surface area contributed by atoms with Crippen LogP contribution < -0.4 is 0 Å². The lowest BCUT2D eigenvalue weighted by Gasteiger charge is -2.34. The summed E-state index contributed by atoms with van der Waals surface area (Å²) in [5.41, 5.74) is -0.292. The Balaban J connectivity index is 2.54. The molecule has 0 aromatic carbocycles. The van der Waals surface area contributed by atoms with Gasteiger partial charge in [0, 0.05) is 5.54 Å². The molecule has 1 aliphatic rings. The van der Waals surface area contributed by atoms with E-state index in [-0.39, 0.29) is 12.3 Å². The highest BCUT2D eigenvalue weighted by Gasteiger charge is 2.25. The fourth-order valence-electron chi connectivity index (χ4n) is 0.625. The zero-order chi connectivity index (χ0) is 6.20. The Hall–Kier alpha value is -0.120. The second-order valence-corrected chi connectivity index (χ2v) is 2.67. The maximum absolute atomic E-state index is 10.7. The first kappa shape index (κ1) is 6.01. The van der Waals surface area contributed by atoms with Gasteiger partial charge < -0.3 is 15.0 Å². The molecule has 1 heterocycles. The first-order chi connectivity index (χ1) is 3.63. The van der Waals surface area contributed by atoms with Crippen LogP contribution in [0, 0.1) is 5.21 Å². The molecule has 1 saturated heterocycles. The van der Waals surface area contributed by atoms with E-state index in [1.54, 1.807) is 0 Å². The number of nitrogens with zero attached hydrogens (tertiary/aromatic N) is 1. The van der Waals surface area contributed by atoms with E-state index in [0.717, 1.165) is 5.06 Å². The first-order valence-electron chi connectivity index (χ1n) is 2.65. The highest BCUT2D eigenvalue weighted by Crippen LogP contribution is 2.18. The zero-order valence-electron chi connectivity index (χ0n) is 5.18. The minimum Gasteiger partial charge on any atom is -0.783 e. The van der Waals surface area contributed by atoms with Crippen LogP contribution in [0.3, 0.4) is 0 Å². The Kier molecular flexibility index (Phi) is 1.27. The van der Waals surface area contributed by atoms with E-state index >= 15 is 0 Å². The molecule has 48 valence electrons. The van der Waals surface area contributed by atoms with E-state index in [9.17, 15) is 5.21 Å². The predicted octanol–water partition coefficient (Wildman–Crippen LogP) is 0.552. The van der Waals surface area contributed by atoms with Crippen molar-refractivity contribution in [2.45, 2.75) is 19.4 Å². The van der Waals surface area contributed by atoms with Crippen LogP contribution in [0.25, 0.3) is 0 Å². The van der Waals surface area contributed by atoms with Gasteiger partial charge in [-0.05, 0) is 13.8 Å². The molecule has 3 nitrogen and oxygen atoms in total. The second kappa shape index (κ2) is 1.69. The Morgan fingerprint density at radius 2 is 2.25 bits per heavy atom. The van der Waals surface area contributed by atoms with Crippen molar-refractivity contribution in [3.63, 3.8) is 0 Å². The SMILES string of the molecule is CC1(C)COCN1[O-]. The predicted molar refractivity (Wildman–Crippen MR) is 30.1 cm³/mol. The van der Waals surface area contributed by atoms with Crippen LogP contribution >= 0.6 is 0 Å². The van der Waals surface area contributed by atoms with Crippen LogP contribution in [-0.2, 0) is 4.74 Å². The quantitative estimate of drug-likeness (QED) is 0.463. The largest absolute Gasteiger partial charge is 0.783 e. The molecule has 8 heavy (non-hydrogen) atoms. The molecule has 0 atom stereocenters. The number of hydrogen-bond donors (Lipinski definition) is 0. The van der Waals surface area contributed by atoms with Crippen molar-refractivity contribution in [2.24, 2.45) is 0 Å². The van der Waals surface area contributed by atoms with Gasteiger partial charge in [0.1, 0.15) is 0 Å². The summed E-state index contributed by atoms with van der Waals surface area (Å²) in [6, 6.07) is 0. The molecule has 0 spiro atoms. The topological polar surface area (TPSA) is 35.5 Å². The van der Waals surface area contributed by atoms with Crippen molar-refractivity contribution in [1.29, 1.82) is 0 Å². The van der Waals surface area contributed by atoms with Gasteiger partial charge in [-0.15, -0.1) is 0 Å². The monoisotopic (exact) mass is 116 g/mol.